The Morgan fingerprint density at radius 3 is 2.57 bits per heavy atom. The van der Waals surface area contributed by atoms with E-state index in [2.05, 4.69) is 27.5 Å². The minimum absolute atomic E-state index is 0.261. The lowest BCUT2D eigenvalue weighted by atomic mass is 10.1. The highest BCUT2D eigenvalue weighted by Gasteiger charge is 2.24. The Balaban J connectivity index is 2.75. The zero-order chi connectivity index (χ0) is 15.8. The van der Waals surface area contributed by atoms with Gasteiger partial charge in [-0.15, -0.1) is 0 Å². The van der Waals surface area contributed by atoms with Crippen LogP contribution in [0.4, 0.5) is 0 Å². The van der Waals surface area contributed by atoms with Crippen LogP contribution in [0, 0.1) is 12.1 Å². The Kier molecular flexibility index (Phi) is 6.21. The van der Waals surface area contributed by atoms with Crippen LogP contribution in [-0.2, 0) is 25.5 Å². The molecule has 0 unspecified atom stereocenters. The van der Waals surface area contributed by atoms with Crippen molar-refractivity contribution < 1.29 is 19.1 Å². The van der Waals surface area contributed by atoms with Crippen LogP contribution < -0.4 is 10.6 Å². The number of esters is 1. The molecule has 1 rings (SSSR count). The van der Waals surface area contributed by atoms with E-state index >= 15 is 0 Å². The van der Waals surface area contributed by atoms with E-state index in [9.17, 15) is 14.4 Å². The fraction of sp³-hybridized carbons (Fsp3) is 0.400. The number of amides is 2. The lowest BCUT2D eigenvalue weighted by molar-refractivity contribution is -0.144. The van der Waals surface area contributed by atoms with Crippen LogP contribution in [0.3, 0.4) is 0 Å². The predicted molar refractivity (Wildman–Crippen MR) is 75.0 cm³/mol. The molecule has 6 nitrogen and oxygen atoms in total. The van der Waals surface area contributed by atoms with Crippen LogP contribution in [0.5, 0.6) is 0 Å². The monoisotopic (exact) mass is 290 g/mol. The number of rotatable bonds is 6. The molecular weight excluding hydrogens is 272 g/mol. The molecule has 1 aromatic rings. The number of methoxy groups -OCH3 is 1. The van der Waals surface area contributed by atoms with Crippen LogP contribution >= 0.6 is 0 Å². The fourth-order valence-electron chi connectivity index (χ4n) is 1.73. The van der Waals surface area contributed by atoms with Crippen molar-refractivity contribution >= 4 is 17.8 Å². The molecule has 0 aliphatic heterocycles. The Hall–Kier alpha value is -2.55. The topological polar surface area (TPSA) is 84.5 Å². The quantitative estimate of drug-likeness (QED) is 0.723. The normalized spacial score (nSPS) is 12.5. The molecule has 0 saturated heterocycles. The first-order chi connectivity index (χ1) is 9.93. The molecular formula is C15H18N2O4. The van der Waals surface area contributed by atoms with Crippen LogP contribution in [0.1, 0.15) is 19.4 Å². The van der Waals surface area contributed by atoms with E-state index in [-0.39, 0.29) is 12.3 Å². The number of nitrogens with one attached hydrogen (secondary N) is 2. The standard InChI is InChI=1S/C15H18N2O4/c1-10(15(20)21-3)16-14(19)13(17-11(2)18)9-12-7-5-4-6-8-12/h4-5,7,10,13H,9H2,1-3H3,(H,16,19)(H,17,18)/t10-,13-/m0/s1. The van der Waals surface area contributed by atoms with E-state index in [0.717, 1.165) is 5.56 Å². The number of hydrogen-bond acceptors (Lipinski definition) is 4. The van der Waals surface area contributed by atoms with E-state index in [4.69, 9.17) is 0 Å². The molecule has 0 bridgehead atoms. The summed E-state index contributed by atoms with van der Waals surface area (Å²) in [6.45, 7) is 2.84. The second-order valence-corrected chi connectivity index (χ2v) is 4.53. The first-order valence-corrected chi connectivity index (χ1v) is 6.46. The summed E-state index contributed by atoms with van der Waals surface area (Å²) in [6, 6.07) is 9.31. The zero-order valence-electron chi connectivity index (χ0n) is 12.2. The number of hydrogen-bond donors (Lipinski definition) is 2. The second-order valence-electron chi connectivity index (χ2n) is 4.53. The first-order valence-electron chi connectivity index (χ1n) is 6.46. The van der Waals surface area contributed by atoms with Crippen molar-refractivity contribution in [3.05, 3.63) is 35.9 Å². The molecule has 0 aliphatic rings. The molecule has 2 N–H and O–H groups in total. The SMILES string of the molecule is COC(=O)[C@H](C)NC(=O)[C@H](Cc1c#cccc1)NC(C)=O. The van der Waals surface area contributed by atoms with Crippen LogP contribution in [0.25, 0.3) is 0 Å². The molecule has 0 spiro atoms. The van der Waals surface area contributed by atoms with Crippen molar-refractivity contribution in [3.8, 4) is 0 Å². The number of carbonyl (C=O) groups excluding carboxylic acids is 3. The maximum Gasteiger partial charge on any atom is 0.328 e. The molecule has 2 atom stereocenters. The molecule has 0 radical (unpaired) electrons. The maximum absolute atomic E-state index is 12.2. The Morgan fingerprint density at radius 1 is 1.33 bits per heavy atom. The largest absolute Gasteiger partial charge is 0.467 e. The molecule has 1 aromatic carbocycles. The Bertz CT molecular complexity index is 502. The minimum atomic E-state index is -0.790. The summed E-state index contributed by atoms with van der Waals surface area (Å²) in [5.74, 6) is -1.34. The van der Waals surface area contributed by atoms with Crippen molar-refractivity contribution in [3.63, 3.8) is 0 Å². The molecule has 0 heterocycles. The summed E-state index contributed by atoms with van der Waals surface area (Å²) in [6.07, 6.45) is 0.261. The van der Waals surface area contributed by atoms with E-state index in [1.807, 2.05) is 0 Å². The summed E-state index contributed by atoms with van der Waals surface area (Å²) in [7, 11) is 1.24. The van der Waals surface area contributed by atoms with Gasteiger partial charge in [-0.1, -0.05) is 18.2 Å². The van der Waals surface area contributed by atoms with Gasteiger partial charge >= 0.3 is 5.97 Å². The minimum Gasteiger partial charge on any atom is -0.467 e. The van der Waals surface area contributed by atoms with Gasteiger partial charge in [-0.3, -0.25) is 9.59 Å². The van der Waals surface area contributed by atoms with Gasteiger partial charge in [0.2, 0.25) is 11.8 Å². The predicted octanol–water partition coefficient (Wildman–Crippen LogP) is 0.0119. The molecule has 0 aromatic heterocycles. The van der Waals surface area contributed by atoms with Crippen LogP contribution in [0.2, 0.25) is 0 Å². The fourth-order valence-corrected chi connectivity index (χ4v) is 1.73. The van der Waals surface area contributed by atoms with Crippen LogP contribution in [0.15, 0.2) is 18.2 Å². The van der Waals surface area contributed by atoms with Crippen molar-refractivity contribution in [2.45, 2.75) is 32.4 Å². The third-order valence-corrected chi connectivity index (χ3v) is 2.74. The third-order valence-electron chi connectivity index (χ3n) is 2.74. The average Bonchev–Trinajstić information content (AvgIpc) is 2.46. The van der Waals surface area contributed by atoms with Crippen molar-refractivity contribution in [1.29, 1.82) is 0 Å². The van der Waals surface area contributed by atoms with Gasteiger partial charge in [-0.05, 0) is 19.1 Å². The van der Waals surface area contributed by atoms with Gasteiger partial charge in [-0.2, -0.15) is 0 Å². The number of carbonyl (C=O) groups is 3. The van der Waals surface area contributed by atoms with Gasteiger partial charge in [0.05, 0.1) is 7.11 Å². The smallest absolute Gasteiger partial charge is 0.328 e. The van der Waals surface area contributed by atoms with Crippen LogP contribution in [-0.4, -0.2) is 37.0 Å². The third kappa shape index (κ3) is 5.53. The molecule has 6 heteroatoms. The van der Waals surface area contributed by atoms with E-state index in [0.29, 0.717) is 0 Å². The summed E-state index contributed by atoms with van der Waals surface area (Å²) < 4.78 is 4.54. The second kappa shape index (κ2) is 7.90. The van der Waals surface area contributed by atoms with E-state index in [1.165, 1.54) is 21.0 Å². The van der Waals surface area contributed by atoms with Gasteiger partial charge < -0.3 is 15.4 Å². The van der Waals surface area contributed by atoms with Crippen molar-refractivity contribution in [2.24, 2.45) is 0 Å². The molecule has 21 heavy (non-hydrogen) atoms. The van der Waals surface area contributed by atoms with E-state index in [1.54, 1.807) is 18.2 Å². The Morgan fingerprint density at radius 2 is 2.05 bits per heavy atom. The zero-order valence-corrected chi connectivity index (χ0v) is 12.2. The number of ether oxygens (including phenoxy) is 1. The lowest BCUT2D eigenvalue weighted by Crippen LogP contribution is -2.51. The highest BCUT2D eigenvalue weighted by Crippen LogP contribution is 2.01. The molecule has 0 aliphatic carbocycles. The highest BCUT2D eigenvalue weighted by atomic mass is 16.5. The van der Waals surface area contributed by atoms with Gasteiger partial charge in [0.25, 0.3) is 0 Å². The summed E-state index contributed by atoms with van der Waals surface area (Å²) in [5, 5.41) is 5.06. The van der Waals surface area contributed by atoms with Gasteiger partial charge in [0.1, 0.15) is 12.1 Å². The molecule has 2 amide bonds. The summed E-state index contributed by atoms with van der Waals surface area (Å²) in [5.41, 5.74) is 0.733. The molecule has 0 saturated carbocycles. The van der Waals surface area contributed by atoms with Gasteiger partial charge in [0.15, 0.2) is 0 Å². The molecule has 112 valence electrons. The average molecular weight is 290 g/mol. The van der Waals surface area contributed by atoms with Gasteiger partial charge in [0, 0.05) is 18.9 Å². The summed E-state index contributed by atoms with van der Waals surface area (Å²) >= 11 is 0. The lowest BCUT2D eigenvalue weighted by Gasteiger charge is -2.19. The summed E-state index contributed by atoms with van der Waals surface area (Å²) in [4.78, 5) is 34.7. The Labute approximate surface area is 123 Å². The van der Waals surface area contributed by atoms with Crippen molar-refractivity contribution in [1.82, 2.24) is 10.6 Å². The van der Waals surface area contributed by atoms with Gasteiger partial charge in [-0.25, -0.2) is 4.79 Å². The van der Waals surface area contributed by atoms with Crippen molar-refractivity contribution in [2.75, 3.05) is 7.11 Å². The van der Waals surface area contributed by atoms with E-state index < -0.39 is 24.0 Å². The first kappa shape index (κ1) is 16.5. The maximum atomic E-state index is 12.2. The highest BCUT2D eigenvalue weighted by molar-refractivity contribution is 5.90. The molecule has 0 fully saturated rings.